The Hall–Kier alpha value is -1.13. The summed E-state index contributed by atoms with van der Waals surface area (Å²) in [7, 11) is -3.76. The van der Waals surface area contributed by atoms with E-state index in [0.29, 0.717) is 0 Å². The van der Waals surface area contributed by atoms with E-state index in [1.165, 1.54) is 13.8 Å². The number of hydrogen-bond donors (Lipinski definition) is 2. The van der Waals surface area contributed by atoms with Crippen molar-refractivity contribution in [2.75, 3.05) is 0 Å². The van der Waals surface area contributed by atoms with Crippen molar-refractivity contribution in [2.24, 2.45) is 0 Å². The van der Waals surface area contributed by atoms with Crippen LogP contribution in [0.15, 0.2) is 0 Å². The van der Waals surface area contributed by atoms with Crippen LogP contribution in [0.5, 0.6) is 0 Å². The minimum Gasteiger partial charge on any atom is -0.353 e. The van der Waals surface area contributed by atoms with E-state index in [-0.39, 0.29) is 6.04 Å². The van der Waals surface area contributed by atoms with Crippen LogP contribution in [-0.4, -0.2) is 31.7 Å². The third-order valence-electron chi connectivity index (χ3n) is 1.81. The Morgan fingerprint density at radius 2 is 1.75 bits per heavy atom. The molecule has 0 aliphatic carbocycles. The Morgan fingerprint density at radius 1 is 1.25 bits per heavy atom. The number of rotatable bonds is 5. The van der Waals surface area contributed by atoms with Gasteiger partial charge in [0.25, 0.3) is 0 Å². The number of hydrogen-bond acceptors (Lipinski definition) is 4. The molecule has 0 heterocycles. The summed E-state index contributed by atoms with van der Waals surface area (Å²) in [6, 6.07) is 0.660. The van der Waals surface area contributed by atoms with Gasteiger partial charge in [0.1, 0.15) is 0 Å². The smallest absolute Gasteiger partial charge is 0.238 e. The van der Waals surface area contributed by atoms with Crippen LogP contribution in [0.1, 0.15) is 27.7 Å². The molecule has 0 aromatic carbocycles. The molecule has 6 nitrogen and oxygen atoms in total. The Morgan fingerprint density at radius 3 is 2.12 bits per heavy atom. The topological polar surface area (TPSA) is 99.1 Å². The standard InChI is InChI=1S/C9H17N3O3S/c1-6(2)11-9(13)8(4)12-16(14,15)7(3)5-10/h6-8,12H,1-4H3,(H,11,13). The van der Waals surface area contributed by atoms with E-state index in [2.05, 4.69) is 10.0 Å². The second-order valence-corrected chi connectivity index (χ2v) is 5.85. The van der Waals surface area contributed by atoms with E-state index in [9.17, 15) is 13.2 Å². The van der Waals surface area contributed by atoms with Crippen LogP contribution < -0.4 is 10.0 Å². The van der Waals surface area contributed by atoms with Crippen molar-refractivity contribution in [1.29, 1.82) is 5.26 Å². The van der Waals surface area contributed by atoms with Gasteiger partial charge < -0.3 is 5.32 Å². The Bertz CT molecular complexity index is 383. The maximum absolute atomic E-state index is 11.4. The molecule has 2 atom stereocenters. The molecule has 0 rings (SSSR count). The summed E-state index contributed by atoms with van der Waals surface area (Å²) in [6.07, 6.45) is 0. The highest BCUT2D eigenvalue weighted by Gasteiger charge is 2.25. The van der Waals surface area contributed by atoms with Gasteiger partial charge in [0.2, 0.25) is 15.9 Å². The molecule has 0 aliphatic rings. The molecule has 0 aliphatic heterocycles. The molecule has 92 valence electrons. The van der Waals surface area contributed by atoms with Gasteiger partial charge in [-0.05, 0) is 27.7 Å². The lowest BCUT2D eigenvalue weighted by molar-refractivity contribution is -0.122. The second kappa shape index (κ2) is 5.82. The average Bonchev–Trinajstić information content (AvgIpc) is 2.14. The molecule has 0 fully saturated rings. The lowest BCUT2D eigenvalue weighted by Crippen LogP contribution is -2.48. The first-order valence-electron chi connectivity index (χ1n) is 4.91. The van der Waals surface area contributed by atoms with Gasteiger partial charge in [-0.2, -0.15) is 5.26 Å². The molecule has 0 aromatic rings. The first-order chi connectivity index (χ1) is 7.20. The summed E-state index contributed by atoms with van der Waals surface area (Å²) in [5.41, 5.74) is 0. The van der Waals surface area contributed by atoms with E-state index in [1.807, 2.05) is 0 Å². The SMILES string of the molecule is CC(C)NC(=O)C(C)NS(=O)(=O)C(C)C#N. The number of carbonyl (C=O) groups is 1. The number of sulfonamides is 1. The van der Waals surface area contributed by atoms with Crippen molar-refractivity contribution in [3.05, 3.63) is 0 Å². The van der Waals surface area contributed by atoms with Gasteiger partial charge in [-0.25, -0.2) is 13.1 Å². The summed E-state index contributed by atoms with van der Waals surface area (Å²) in [6.45, 7) is 6.24. The highest BCUT2D eigenvalue weighted by atomic mass is 32.2. The fourth-order valence-corrected chi connectivity index (χ4v) is 1.82. The molecule has 2 unspecified atom stereocenters. The number of nitrogens with zero attached hydrogens (tertiary/aromatic N) is 1. The Balaban J connectivity index is 4.52. The molecule has 0 bridgehead atoms. The summed E-state index contributed by atoms with van der Waals surface area (Å²) in [5.74, 6) is -0.413. The zero-order chi connectivity index (χ0) is 12.9. The molecular weight excluding hydrogens is 230 g/mol. The number of nitrogens with one attached hydrogen (secondary N) is 2. The fraction of sp³-hybridized carbons (Fsp3) is 0.778. The van der Waals surface area contributed by atoms with Crippen LogP contribution in [0, 0.1) is 11.3 Å². The summed E-state index contributed by atoms with van der Waals surface area (Å²) in [5, 5.41) is 9.89. The summed E-state index contributed by atoms with van der Waals surface area (Å²) >= 11 is 0. The summed E-state index contributed by atoms with van der Waals surface area (Å²) < 4.78 is 25.0. The van der Waals surface area contributed by atoms with Crippen LogP contribution in [-0.2, 0) is 14.8 Å². The quantitative estimate of drug-likeness (QED) is 0.698. The van der Waals surface area contributed by atoms with E-state index in [4.69, 9.17) is 5.26 Å². The predicted octanol–water partition coefficient (Wildman–Crippen LogP) is -0.269. The van der Waals surface area contributed by atoms with Crippen LogP contribution >= 0.6 is 0 Å². The minimum atomic E-state index is -3.76. The van der Waals surface area contributed by atoms with E-state index < -0.39 is 27.2 Å². The highest BCUT2D eigenvalue weighted by Crippen LogP contribution is 1.98. The van der Waals surface area contributed by atoms with Crippen molar-refractivity contribution < 1.29 is 13.2 Å². The molecule has 0 spiro atoms. The lowest BCUT2D eigenvalue weighted by atomic mass is 10.3. The van der Waals surface area contributed by atoms with Gasteiger partial charge in [0.05, 0.1) is 12.1 Å². The maximum Gasteiger partial charge on any atom is 0.238 e. The fourth-order valence-electron chi connectivity index (χ4n) is 0.881. The zero-order valence-corrected chi connectivity index (χ0v) is 10.6. The van der Waals surface area contributed by atoms with Gasteiger partial charge >= 0.3 is 0 Å². The molecule has 16 heavy (non-hydrogen) atoms. The van der Waals surface area contributed by atoms with E-state index in [0.717, 1.165) is 0 Å². The average molecular weight is 247 g/mol. The highest BCUT2D eigenvalue weighted by molar-refractivity contribution is 7.90. The van der Waals surface area contributed by atoms with Crippen LogP contribution in [0.25, 0.3) is 0 Å². The van der Waals surface area contributed by atoms with Crippen LogP contribution in [0.2, 0.25) is 0 Å². The molecular formula is C9H17N3O3S. The van der Waals surface area contributed by atoms with Gasteiger partial charge in [-0.1, -0.05) is 0 Å². The number of carbonyl (C=O) groups excluding carboxylic acids is 1. The van der Waals surface area contributed by atoms with E-state index >= 15 is 0 Å². The number of amides is 1. The molecule has 7 heteroatoms. The van der Waals surface area contributed by atoms with Gasteiger partial charge in [-0.15, -0.1) is 0 Å². The monoisotopic (exact) mass is 247 g/mol. The third kappa shape index (κ3) is 4.59. The Kier molecular flexibility index (Phi) is 5.41. The van der Waals surface area contributed by atoms with Crippen molar-refractivity contribution in [3.63, 3.8) is 0 Å². The van der Waals surface area contributed by atoms with Crippen molar-refractivity contribution in [3.8, 4) is 6.07 Å². The van der Waals surface area contributed by atoms with Gasteiger partial charge in [0, 0.05) is 6.04 Å². The normalized spacial score (nSPS) is 15.2. The predicted molar refractivity (Wildman–Crippen MR) is 59.9 cm³/mol. The molecule has 2 N–H and O–H groups in total. The van der Waals surface area contributed by atoms with Crippen molar-refractivity contribution >= 4 is 15.9 Å². The molecule has 0 aromatic heterocycles. The number of nitriles is 1. The van der Waals surface area contributed by atoms with Crippen molar-refractivity contribution in [2.45, 2.75) is 45.0 Å². The zero-order valence-electron chi connectivity index (χ0n) is 9.81. The van der Waals surface area contributed by atoms with Crippen LogP contribution in [0.4, 0.5) is 0 Å². The molecule has 0 radical (unpaired) electrons. The van der Waals surface area contributed by atoms with Crippen LogP contribution in [0.3, 0.4) is 0 Å². The minimum absolute atomic E-state index is 0.0622. The summed E-state index contributed by atoms with van der Waals surface area (Å²) in [4.78, 5) is 11.4. The Labute approximate surface area is 96.1 Å². The third-order valence-corrected chi connectivity index (χ3v) is 3.53. The first kappa shape index (κ1) is 14.9. The van der Waals surface area contributed by atoms with Crippen molar-refractivity contribution in [1.82, 2.24) is 10.0 Å². The molecule has 1 amide bonds. The molecule has 0 saturated heterocycles. The second-order valence-electron chi connectivity index (χ2n) is 3.82. The maximum atomic E-state index is 11.4. The largest absolute Gasteiger partial charge is 0.353 e. The molecule has 0 saturated carbocycles. The lowest BCUT2D eigenvalue weighted by Gasteiger charge is -2.16. The van der Waals surface area contributed by atoms with Gasteiger partial charge in [0.15, 0.2) is 5.25 Å². The van der Waals surface area contributed by atoms with Gasteiger partial charge in [-0.3, -0.25) is 4.79 Å². The first-order valence-corrected chi connectivity index (χ1v) is 6.46. The van der Waals surface area contributed by atoms with E-state index in [1.54, 1.807) is 19.9 Å².